The Kier molecular flexibility index (Phi) is 6.24. The fourth-order valence-electron chi connectivity index (χ4n) is 5.90. The molecule has 192 valence electrons. The van der Waals surface area contributed by atoms with Gasteiger partial charge in [0, 0.05) is 67.5 Å². The van der Waals surface area contributed by atoms with E-state index in [0.717, 1.165) is 84.2 Å². The van der Waals surface area contributed by atoms with Crippen LogP contribution in [0.1, 0.15) is 42.2 Å². The number of ketones is 1. The lowest BCUT2D eigenvalue weighted by atomic mass is 9.97. The molecule has 0 saturated carbocycles. The van der Waals surface area contributed by atoms with E-state index in [9.17, 15) is 4.79 Å². The number of aryl methyl sites for hydroxylation is 1. The number of rotatable bonds is 5. The highest BCUT2D eigenvalue weighted by Crippen LogP contribution is 2.38. The maximum absolute atomic E-state index is 12.8. The van der Waals surface area contributed by atoms with Crippen LogP contribution in [0.5, 0.6) is 0 Å². The Hall–Kier alpha value is -3.58. The second-order valence-corrected chi connectivity index (χ2v) is 10.6. The van der Waals surface area contributed by atoms with Gasteiger partial charge in [-0.1, -0.05) is 12.1 Å². The summed E-state index contributed by atoms with van der Waals surface area (Å²) in [5, 5.41) is 0. The van der Waals surface area contributed by atoms with E-state index >= 15 is 0 Å². The molecule has 37 heavy (non-hydrogen) atoms. The van der Waals surface area contributed by atoms with Crippen LogP contribution in [0.25, 0.3) is 33.7 Å². The van der Waals surface area contributed by atoms with Gasteiger partial charge in [-0.2, -0.15) is 0 Å². The van der Waals surface area contributed by atoms with Crippen LogP contribution in [-0.4, -0.2) is 72.0 Å². The first kappa shape index (κ1) is 23.8. The molecule has 7 nitrogen and oxygen atoms in total. The number of piperazine rings is 1. The normalized spacial score (nSPS) is 17.1. The maximum atomic E-state index is 12.8. The highest BCUT2D eigenvalue weighted by atomic mass is 16.1. The minimum absolute atomic E-state index is 0.0589. The zero-order valence-electron chi connectivity index (χ0n) is 22.1. The molecule has 2 aliphatic heterocycles. The molecule has 0 atom stereocenters. The van der Waals surface area contributed by atoms with Crippen LogP contribution in [-0.2, 0) is 0 Å². The Bertz CT molecular complexity index is 1420. The van der Waals surface area contributed by atoms with Crippen LogP contribution >= 0.6 is 0 Å². The third-order valence-electron chi connectivity index (χ3n) is 7.99. The number of Topliss-reactive ketones (excluding diaryl/α,β-unsaturated/α-hetero) is 1. The fourth-order valence-corrected chi connectivity index (χ4v) is 5.90. The lowest BCUT2D eigenvalue weighted by Crippen LogP contribution is -2.44. The number of nitrogens with zero attached hydrogens (tertiary/aromatic N) is 4. The van der Waals surface area contributed by atoms with Crippen molar-refractivity contribution < 1.29 is 4.79 Å². The Morgan fingerprint density at radius 1 is 0.838 bits per heavy atom. The number of piperidine rings is 1. The van der Waals surface area contributed by atoms with Crippen molar-refractivity contribution >= 4 is 28.2 Å². The number of fused-ring (bicyclic) bond motifs is 1. The number of H-pyrrole nitrogens is 2. The molecule has 0 unspecified atom stereocenters. The zero-order valence-corrected chi connectivity index (χ0v) is 22.1. The first-order valence-corrected chi connectivity index (χ1v) is 13.5. The molecule has 6 rings (SSSR count). The minimum Gasteiger partial charge on any atom is -0.372 e. The summed E-state index contributed by atoms with van der Waals surface area (Å²) in [5.74, 6) is 0.819. The SMILES string of the molecule is CC(=O)c1c(C)[nH]c(-c2nc3ccc(N4CCN(C)CC4)cc3[nH]2)c1-c1ccc(N2CCCCC2)cc1. The second-order valence-electron chi connectivity index (χ2n) is 10.6. The molecule has 0 spiro atoms. The molecular weight excluding hydrogens is 460 g/mol. The predicted octanol–water partition coefficient (Wildman–Crippen LogP) is 5.48. The number of hydrogen-bond donors (Lipinski definition) is 2. The number of carbonyl (C=O) groups is 1. The molecule has 2 N–H and O–H groups in total. The summed E-state index contributed by atoms with van der Waals surface area (Å²) in [6.45, 7) is 10.0. The summed E-state index contributed by atoms with van der Waals surface area (Å²) in [6.07, 6.45) is 3.82. The van der Waals surface area contributed by atoms with Gasteiger partial charge < -0.3 is 24.7 Å². The Labute approximate surface area is 218 Å². The van der Waals surface area contributed by atoms with E-state index in [0.29, 0.717) is 0 Å². The van der Waals surface area contributed by atoms with Gasteiger partial charge in [-0.3, -0.25) is 4.79 Å². The first-order chi connectivity index (χ1) is 18.0. The summed E-state index contributed by atoms with van der Waals surface area (Å²) in [5.41, 5.74) is 8.84. The van der Waals surface area contributed by atoms with Crippen molar-refractivity contribution in [3.63, 3.8) is 0 Å². The maximum Gasteiger partial charge on any atom is 0.162 e. The van der Waals surface area contributed by atoms with Crippen LogP contribution in [0.4, 0.5) is 11.4 Å². The topological polar surface area (TPSA) is 71.3 Å². The number of hydrogen-bond acceptors (Lipinski definition) is 5. The highest BCUT2D eigenvalue weighted by Gasteiger charge is 2.24. The molecule has 2 aromatic carbocycles. The van der Waals surface area contributed by atoms with Crippen LogP contribution in [0, 0.1) is 6.92 Å². The molecule has 7 heteroatoms. The van der Waals surface area contributed by atoms with E-state index in [1.165, 1.54) is 30.6 Å². The van der Waals surface area contributed by atoms with E-state index in [2.05, 4.69) is 74.2 Å². The standard InChI is InChI=1S/C30H36N6O/c1-20-27(21(2)37)28(22-7-9-23(10-8-22)35-13-5-4-6-14-35)29(31-20)30-32-25-12-11-24(19-26(25)33-30)36-17-15-34(3)16-18-36/h7-12,19,31H,4-6,13-18H2,1-3H3,(H,32,33). The third-order valence-corrected chi connectivity index (χ3v) is 7.99. The molecule has 4 aromatic rings. The summed E-state index contributed by atoms with van der Waals surface area (Å²) < 4.78 is 0. The monoisotopic (exact) mass is 496 g/mol. The number of aromatic amines is 2. The third kappa shape index (κ3) is 4.53. The van der Waals surface area contributed by atoms with Gasteiger partial charge in [0.25, 0.3) is 0 Å². The second kappa shape index (κ2) is 9.71. The Morgan fingerprint density at radius 2 is 1.51 bits per heavy atom. The van der Waals surface area contributed by atoms with Gasteiger partial charge in [0.2, 0.25) is 0 Å². The van der Waals surface area contributed by atoms with Gasteiger partial charge in [-0.25, -0.2) is 4.98 Å². The number of carbonyl (C=O) groups excluding carboxylic acids is 1. The number of aromatic nitrogens is 3. The summed E-state index contributed by atoms with van der Waals surface area (Å²) >= 11 is 0. The van der Waals surface area contributed by atoms with Crippen LogP contribution in [0.15, 0.2) is 42.5 Å². The van der Waals surface area contributed by atoms with E-state index < -0.39 is 0 Å². The quantitative estimate of drug-likeness (QED) is 0.358. The molecule has 0 aliphatic carbocycles. The van der Waals surface area contributed by atoms with Crippen molar-refractivity contribution in [3.8, 4) is 22.6 Å². The molecule has 4 heterocycles. The number of benzene rings is 2. The van der Waals surface area contributed by atoms with Gasteiger partial charge in [0.05, 0.1) is 16.7 Å². The van der Waals surface area contributed by atoms with Crippen LogP contribution < -0.4 is 9.80 Å². The van der Waals surface area contributed by atoms with E-state index in [4.69, 9.17) is 4.98 Å². The zero-order chi connectivity index (χ0) is 25.5. The molecular formula is C30H36N6O. The van der Waals surface area contributed by atoms with Crippen molar-refractivity contribution in [2.45, 2.75) is 33.1 Å². The van der Waals surface area contributed by atoms with Crippen molar-refractivity contribution in [1.82, 2.24) is 19.9 Å². The molecule has 2 saturated heterocycles. The number of likely N-dealkylation sites (N-methyl/N-ethyl adjacent to an activating group) is 1. The van der Waals surface area contributed by atoms with Gasteiger partial charge >= 0.3 is 0 Å². The average molecular weight is 497 g/mol. The van der Waals surface area contributed by atoms with Crippen molar-refractivity contribution in [2.75, 3.05) is 56.1 Å². The minimum atomic E-state index is 0.0589. The summed E-state index contributed by atoms with van der Waals surface area (Å²) in [6, 6.07) is 15.1. The van der Waals surface area contributed by atoms with Crippen LogP contribution in [0.2, 0.25) is 0 Å². The van der Waals surface area contributed by atoms with Crippen molar-refractivity contribution in [1.29, 1.82) is 0 Å². The van der Waals surface area contributed by atoms with Gasteiger partial charge in [0.15, 0.2) is 11.6 Å². The van der Waals surface area contributed by atoms with E-state index in [-0.39, 0.29) is 5.78 Å². The summed E-state index contributed by atoms with van der Waals surface area (Å²) in [4.78, 5) is 32.0. The van der Waals surface area contributed by atoms with Crippen LogP contribution in [0.3, 0.4) is 0 Å². The Balaban J connectivity index is 1.38. The van der Waals surface area contributed by atoms with Crippen molar-refractivity contribution in [2.24, 2.45) is 0 Å². The number of nitrogens with one attached hydrogen (secondary N) is 2. The fraction of sp³-hybridized carbons (Fsp3) is 0.400. The lowest BCUT2D eigenvalue weighted by Gasteiger charge is -2.34. The van der Waals surface area contributed by atoms with Gasteiger partial charge in [-0.05, 0) is 76.1 Å². The molecule has 0 amide bonds. The average Bonchev–Trinajstić information content (AvgIpc) is 3.50. The highest BCUT2D eigenvalue weighted by molar-refractivity contribution is 6.06. The van der Waals surface area contributed by atoms with Crippen molar-refractivity contribution in [3.05, 3.63) is 53.7 Å². The smallest absolute Gasteiger partial charge is 0.162 e. The first-order valence-electron chi connectivity index (χ1n) is 13.5. The summed E-state index contributed by atoms with van der Waals surface area (Å²) in [7, 11) is 2.17. The molecule has 2 aliphatic rings. The molecule has 0 bridgehead atoms. The molecule has 2 aromatic heterocycles. The molecule has 0 radical (unpaired) electrons. The number of anilines is 2. The van der Waals surface area contributed by atoms with Gasteiger partial charge in [-0.15, -0.1) is 0 Å². The van der Waals surface area contributed by atoms with Gasteiger partial charge in [0.1, 0.15) is 0 Å². The predicted molar refractivity (Wildman–Crippen MR) is 152 cm³/mol. The lowest BCUT2D eigenvalue weighted by molar-refractivity contribution is 0.101. The Morgan fingerprint density at radius 3 is 2.22 bits per heavy atom. The van der Waals surface area contributed by atoms with E-state index in [1.54, 1.807) is 6.92 Å². The molecule has 2 fully saturated rings. The largest absolute Gasteiger partial charge is 0.372 e. The van der Waals surface area contributed by atoms with E-state index in [1.807, 2.05) is 6.92 Å². The number of imidazole rings is 1.